The molecule has 188 valence electrons. The zero-order chi connectivity index (χ0) is 26.2. The Bertz CT molecular complexity index is 1240. The molecule has 8 heteroatoms. The highest BCUT2D eigenvalue weighted by Crippen LogP contribution is 2.30. The number of rotatable bonds is 12. The molecule has 0 unspecified atom stereocenters. The van der Waals surface area contributed by atoms with E-state index in [9.17, 15) is 17.6 Å². The van der Waals surface area contributed by atoms with E-state index in [-0.39, 0.29) is 25.2 Å². The van der Waals surface area contributed by atoms with Crippen LogP contribution in [0.15, 0.2) is 60.7 Å². The van der Waals surface area contributed by atoms with Gasteiger partial charge in [-0.2, -0.15) is 8.42 Å². The van der Waals surface area contributed by atoms with Gasteiger partial charge >= 0.3 is 16.1 Å². The summed E-state index contributed by atoms with van der Waals surface area (Å²) in [7, 11) is -3.60. The van der Waals surface area contributed by atoms with Crippen molar-refractivity contribution in [2.45, 2.75) is 40.0 Å². The minimum Gasteiger partial charge on any atom is -0.489 e. The van der Waals surface area contributed by atoms with Crippen LogP contribution in [-0.4, -0.2) is 32.4 Å². The number of carboxylic acids is 1. The molecule has 35 heavy (non-hydrogen) atoms. The summed E-state index contributed by atoms with van der Waals surface area (Å²) in [5, 5.41) is 8.73. The molecule has 2 rings (SSSR count). The number of benzene rings is 2. The summed E-state index contributed by atoms with van der Waals surface area (Å²) in [5.74, 6) is -0.854. The van der Waals surface area contributed by atoms with Crippen LogP contribution in [0, 0.1) is 19.7 Å². The van der Waals surface area contributed by atoms with E-state index in [1.807, 2.05) is 32.9 Å². The Morgan fingerprint density at radius 2 is 1.80 bits per heavy atom. The number of ether oxygens (including phenoxy) is 1. The van der Waals surface area contributed by atoms with E-state index in [1.165, 1.54) is 12.1 Å². The molecular weight excluding hydrogens is 471 g/mol. The van der Waals surface area contributed by atoms with Gasteiger partial charge in [-0.1, -0.05) is 37.8 Å². The van der Waals surface area contributed by atoms with Crippen molar-refractivity contribution in [2.24, 2.45) is 0 Å². The third-order valence-corrected chi connectivity index (χ3v) is 5.64. The van der Waals surface area contributed by atoms with Gasteiger partial charge in [0.2, 0.25) is 0 Å². The molecule has 0 saturated carbocycles. The minimum absolute atomic E-state index is 0.120. The Hall–Kier alpha value is -3.39. The molecule has 0 aliphatic heterocycles. The summed E-state index contributed by atoms with van der Waals surface area (Å²) < 4.78 is 47.6. The van der Waals surface area contributed by atoms with Gasteiger partial charge in [-0.05, 0) is 78.3 Å². The predicted molar refractivity (Wildman–Crippen MR) is 136 cm³/mol. The maximum atomic E-state index is 14.1. The zero-order valence-electron chi connectivity index (χ0n) is 20.4. The highest BCUT2D eigenvalue weighted by atomic mass is 32.2. The van der Waals surface area contributed by atoms with Gasteiger partial charge in [0.1, 0.15) is 23.9 Å². The normalized spacial score (nSPS) is 12.1. The van der Waals surface area contributed by atoms with Crippen molar-refractivity contribution in [3.05, 3.63) is 88.8 Å². The second-order valence-electron chi connectivity index (χ2n) is 8.22. The SMILES string of the molecule is C=C(/C=C\C=C(/CC)c1c(C)cc(OS(C)(=O)=O)cc1C)COc1ccc(CCC(=O)O)c(F)c1. The Morgan fingerprint density at radius 1 is 1.14 bits per heavy atom. The van der Waals surface area contributed by atoms with Crippen LogP contribution in [0.25, 0.3) is 5.57 Å². The number of carboxylic acid groups (broad SMARTS) is 1. The lowest BCUT2D eigenvalue weighted by Gasteiger charge is -2.14. The summed E-state index contributed by atoms with van der Waals surface area (Å²) >= 11 is 0. The van der Waals surface area contributed by atoms with Gasteiger partial charge in [-0.25, -0.2) is 4.39 Å². The van der Waals surface area contributed by atoms with E-state index < -0.39 is 21.9 Å². The number of allylic oxidation sites excluding steroid dienone is 3. The van der Waals surface area contributed by atoms with Crippen molar-refractivity contribution in [3.8, 4) is 11.5 Å². The highest BCUT2D eigenvalue weighted by molar-refractivity contribution is 7.86. The number of aryl methyl sites for hydroxylation is 3. The molecule has 0 fully saturated rings. The van der Waals surface area contributed by atoms with Gasteiger partial charge in [0.05, 0.1) is 6.26 Å². The largest absolute Gasteiger partial charge is 0.489 e. The first-order valence-electron chi connectivity index (χ1n) is 11.1. The first-order chi connectivity index (χ1) is 16.4. The number of carbonyl (C=O) groups is 1. The number of aliphatic carboxylic acids is 1. The fourth-order valence-electron chi connectivity index (χ4n) is 3.62. The van der Waals surface area contributed by atoms with Crippen LogP contribution in [0.4, 0.5) is 4.39 Å². The van der Waals surface area contributed by atoms with E-state index in [1.54, 1.807) is 24.3 Å². The fraction of sp³-hybridized carbons (Fsp3) is 0.296. The summed E-state index contributed by atoms with van der Waals surface area (Å²) in [6.45, 7) is 9.97. The summed E-state index contributed by atoms with van der Waals surface area (Å²) in [5.41, 5.74) is 4.91. The molecule has 0 aliphatic rings. The van der Waals surface area contributed by atoms with Gasteiger partial charge in [-0.15, -0.1) is 0 Å². The molecule has 0 radical (unpaired) electrons. The maximum absolute atomic E-state index is 14.1. The molecule has 0 aliphatic carbocycles. The Labute approximate surface area is 206 Å². The second kappa shape index (κ2) is 12.4. The highest BCUT2D eigenvalue weighted by Gasteiger charge is 2.12. The van der Waals surface area contributed by atoms with Crippen molar-refractivity contribution < 1.29 is 31.6 Å². The first kappa shape index (κ1) is 27.9. The van der Waals surface area contributed by atoms with E-state index in [2.05, 4.69) is 6.58 Å². The minimum atomic E-state index is -3.60. The van der Waals surface area contributed by atoms with E-state index >= 15 is 0 Å². The third-order valence-electron chi connectivity index (χ3n) is 5.14. The molecule has 0 heterocycles. The van der Waals surface area contributed by atoms with Crippen LogP contribution in [0.5, 0.6) is 11.5 Å². The molecule has 0 bridgehead atoms. The van der Waals surface area contributed by atoms with Gasteiger partial charge in [0.25, 0.3) is 0 Å². The average molecular weight is 503 g/mol. The fourth-order valence-corrected chi connectivity index (χ4v) is 4.06. The first-order valence-corrected chi connectivity index (χ1v) is 12.9. The lowest BCUT2D eigenvalue weighted by atomic mass is 9.93. The standard InChI is InChI=1S/C27H31FO6S/c1-6-21(27-19(3)14-24(15-20(27)4)34-35(5,31)32)9-7-8-18(2)17-33-23-12-10-22(25(28)16-23)11-13-26(29)30/h7-10,12,14-16H,2,6,11,13,17H2,1,3-5H3,(H,29,30)/b8-7-,21-9+. The van der Waals surface area contributed by atoms with Gasteiger partial charge in [0, 0.05) is 12.5 Å². The molecule has 6 nitrogen and oxygen atoms in total. The van der Waals surface area contributed by atoms with Crippen molar-refractivity contribution in [3.63, 3.8) is 0 Å². The van der Waals surface area contributed by atoms with Crippen LogP contribution in [0.3, 0.4) is 0 Å². The molecule has 0 amide bonds. The van der Waals surface area contributed by atoms with Gasteiger partial charge in [-0.3, -0.25) is 4.79 Å². The number of hydrogen-bond donors (Lipinski definition) is 1. The van der Waals surface area contributed by atoms with Gasteiger partial charge in [0.15, 0.2) is 0 Å². The van der Waals surface area contributed by atoms with Crippen molar-refractivity contribution >= 4 is 21.7 Å². The molecule has 2 aromatic rings. The monoisotopic (exact) mass is 502 g/mol. The predicted octanol–water partition coefficient (Wildman–Crippen LogP) is 5.78. The van der Waals surface area contributed by atoms with Crippen LogP contribution >= 0.6 is 0 Å². The summed E-state index contributed by atoms with van der Waals surface area (Å²) in [6.07, 6.45) is 7.39. The lowest BCUT2D eigenvalue weighted by molar-refractivity contribution is -0.136. The molecule has 0 saturated heterocycles. The molecular formula is C27H31FO6S. The Kier molecular flexibility index (Phi) is 9.83. The van der Waals surface area contributed by atoms with Crippen molar-refractivity contribution in [2.75, 3.05) is 12.9 Å². The molecule has 2 aromatic carbocycles. The van der Waals surface area contributed by atoms with Crippen LogP contribution < -0.4 is 8.92 Å². The van der Waals surface area contributed by atoms with E-state index in [0.29, 0.717) is 16.9 Å². The smallest absolute Gasteiger partial charge is 0.306 e. The van der Waals surface area contributed by atoms with Crippen molar-refractivity contribution in [1.82, 2.24) is 0 Å². The second-order valence-corrected chi connectivity index (χ2v) is 9.79. The number of halogens is 1. The van der Waals surface area contributed by atoms with Crippen LogP contribution in [0.1, 0.15) is 42.0 Å². The maximum Gasteiger partial charge on any atom is 0.306 e. The Morgan fingerprint density at radius 3 is 2.34 bits per heavy atom. The molecule has 0 atom stereocenters. The number of hydrogen-bond acceptors (Lipinski definition) is 5. The Balaban J connectivity index is 2.05. The van der Waals surface area contributed by atoms with E-state index in [0.717, 1.165) is 34.9 Å². The van der Waals surface area contributed by atoms with Crippen molar-refractivity contribution in [1.29, 1.82) is 0 Å². The third kappa shape index (κ3) is 9.05. The van der Waals surface area contributed by atoms with E-state index in [4.69, 9.17) is 14.0 Å². The summed E-state index contributed by atoms with van der Waals surface area (Å²) in [4.78, 5) is 10.7. The molecule has 0 aromatic heterocycles. The summed E-state index contributed by atoms with van der Waals surface area (Å²) in [6, 6.07) is 7.78. The quantitative estimate of drug-likeness (QED) is 0.292. The zero-order valence-corrected chi connectivity index (χ0v) is 21.2. The van der Waals surface area contributed by atoms with Crippen LogP contribution in [0.2, 0.25) is 0 Å². The lowest BCUT2D eigenvalue weighted by Crippen LogP contribution is -2.06. The van der Waals surface area contributed by atoms with Crippen LogP contribution in [-0.2, 0) is 21.3 Å². The topological polar surface area (TPSA) is 89.9 Å². The average Bonchev–Trinajstić information content (AvgIpc) is 2.74. The molecule has 0 spiro atoms. The molecule has 1 N–H and O–H groups in total. The van der Waals surface area contributed by atoms with Gasteiger partial charge < -0.3 is 14.0 Å².